The number of amides is 1. The molecule has 3 rings (SSSR count). The lowest BCUT2D eigenvalue weighted by atomic mass is 10.2. The minimum atomic E-state index is -3.62. The molecule has 3 aromatic rings. The van der Waals surface area contributed by atoms with Crippen molar-refractivity contribution >= 4 is 48.6 Å². The molecule has 2 aromatic carbocycles. The van der Waals surface area contributed by atoms with Crippen LogP contribution in [0, 0.1) is 6.92 Å². The number of anilines is 1. The highest BCUT2D eigenvalue weighted by Crippen LogP contribution is 2.20. The van der Waals surface area contributed by atoms with Crippen LogP contribution in [0.2, 0.25) is 0 Å². The number of aromatic nitrogens is 3. The molecule has 0 aliphatic heterocycles. The molecule has 0 saturated carbocycles. The average molecular weight is 468 g/mol. The molecule has 28 heavy (non-hydrogen) atoms. The fourth-order valence-electron chi connectivity index (χ4n) is 2.42. The van der Waals surface area contributed by atoms with E-state index in [1.165, 1.54) is 32.3 Å². The SMILES string of the molecule is Cc1cc(Br)ccc1NC(=O)COn1nnc2ccc(S(=O)(=O)N(C)C)cc21. The van der Waals surface area contributed by atoms with Crippen molar-refractivity contribution < 1.29 is 18.0 Å². The summed E-state index contributed by atoms with van der Waals surface area (Å²) in [4.78, 5) is 18.7. The van der Waals surface area contributed by atoms with Crippen molar-refractivity contribution in [2.45, 2.75) is 11.8 Å². The summed E-state index contributed by atoms with van der Waals surface area (Å²) in [5.74, 6) is -0.383. The molecule has 0 fully saturated rings. The first-order valence-corrected chi connectivity index (χ1v) is 10.4. The number of aryl methyl sites for hydroxylation is 1. The monoisotopic (exact) mass is 467 g/mol. The predicted octanol–water partition coefficient (Wildman–Crippen LogP) is 1.82. The average Bonchev–Trinajstić information content (AvgIpc) is 3.04. The van der Waals surface area contributed by atoms with Gasteiger partial charge < -0.3 is 10.2 Å². The molecule has 11 heteroatoms. The molecule has 0 aliphatic rings. The van der Waals surface area contributed by atoms with Crippen LogP contribution in [0.5, 0.6) is 0 Å². The van der Waals surface area contributed by atoms with Gasteiger partial charge in [-0.25, -0.2) is 12.7 Å². The zero-order valence-electron chi connectivity index (χ0n) is 15.4. The number of halogens is 1. The Morgan fingerprint density at radius 3 is 2.68 bits per heavy atom. The quantitative estimate of drug-likeness (QED) is 0.592. The van der Waals surface area contributed by atoms with Gasteiger partial charge in [-0.2, -0.15) is 0 Å². The Morgan fingerprint density at radius 2 is 2.00 bits per heavy atom. The third-order valence-corrected chi connectivity index (χ3v) is 6.25. The van der Waals surface area contributed by atoms with Crippen molar-refractivity contribution in [3.63, 3.8) is 0 Å². The van der Waals surface area contributed by atoms with E-state index < -0.39 is 10.0 Å². The highest BCUT2D eigenvalue weighted by atomic mass is 79.9. The lowest BCUT2D eigenvalue weighted by Gasteiger charge is -2.11. The number of rotatable bonds is 6. The molecule has 1 heterocycles. The van der Waals surface area contributed by atoms with Gasteiger partial charge in [-0.05, 0) is 54.1 Å². The molecule has 0 aliphatic carbocycles. The van der Waals surface area contributed by atoms with Crippen molar-refractivity contribution in [2.24, 2.45) is 0 Å². The number of carbonyl (C=O) groups is 1. The summed E-state index contributed by atoms with van der Waals surface area (Å²) in [5, 5.41) is 10.5. The fourth-order valence-corrected chi connectivity index (χ4v) is 3.82. The second-order valence-corrected chi connectivity index (χ2v) is 9.25. The first kappa shape index (κ1) is 20.2. The molecule has 9 nitrogen and oxygen atoms in total. The Hall–Kier alpha value is -2.50. The summed E-state index contributed by atoms with van der Waals surface area (Å²) in [7, 11) is -0.729. The largest absolute Gasteiger partial charge is 0.385 e. The van der Waals surface area contributed by atoms with Gasteiger partial charge in [0, 0.05) is 24.3 Å². The van der Waals surface area contributed by atoms with E-state index in [1.807, 2.05) is 19.1 Å². The normalized spacial score (nSPS) is 11.8. The predicted molar refractivity (Wildman–Crippen MR) is 107 cm³/mol. The maximum atomic E-state index is 12.3. The second kappa shape index (κ2) is 7.86. The molecule has 0 radical (unpaired) electrons. The van der Waals surface area contributed by atoms with Crippen LogP contribution in [-0.4, -0.2) is 54.5 Å². The van der Waals surface area contributed by atoms with Gasteiger partial charge in [-0.1, -0.05) is 20.8 Å². The molecule has 0 saturated heterocycles. The number of nitrogens with zero attached hydrogens (tertiary/aromatic N) is 4. The van der Waals surface area contributed by atoms with E-state index in [1.54, 1.807) is 6.07 Å². The molecule has 148 valence electrons. The minimum Gasteiger partial charge on any atom is -0.385 e. The summed E-state index contributed by atoms with van der Waals surface area (Å²) in [5.41, 5.74) is 2.35. The van der Waals surface area contributed by atoms with Crippen LogP contribution in [0.1, 0.15) is 5.56 Å². The lowest BCUT2D eigenvalue weighted by Crippen LogP contribution is -2.26. The van der Waals surface area contributed by atoms with Crippen LogP contribution >= 0.6 is 15.9 Å². The van der Waals surface area contributed by atoms with Crippen molar-refractivity contribution in [1.29, 1.82) is 0 Å². The van der Waals surface area contributed by atoms with Gasteiger partial charge >= 0.3 is 0 Å². The fraction of sp³-hybridized carbons (Fsp3) is 0.235. The van der Waals surface area contributed by atoms with Crippen LogP contribution in [0.15, 0.2) is 45.8 Å². The standard InChI is InChI=1S/C17H18BrN5O4S/c1-11-8-12(18)4-6-14(11)19-17(24)10-27-23-16-9-13(28(25,26)22(2)3)5-7-15(16)20-21-23/h4-9H,10H2,1-3H3,(H,19,24). The van der Waals surface area contributed by atoms with Gasteiger partial charge in [0.05, 0.1) is 4.90 Å². The number of sulfonamides is 1. The highest BCUT2D eigenvalue weighted by molar-refractivity contribution is 9.10. The Kier molecular flexibility index (Phi) is 5.68. The van der Waals surface area contributed by atoms with E-state index in [0.29, 0.717) is 16.7 Å². The topological polar surface area (TPSA) is 106 Å². The van der Waals surface area contributed by atoms with Gasteiger partial charge in [0.2, 0.25) is 10.0 Å². The lowest BCUT2D eigenvalue weighted by molar-refractivity contribution is -0.121. The van der Waals surface area contributed by atoms with E-state index in [0.717, 1.165) is 19.2 Å². The molecule has 1 aromatic heterocycles. The summed E-state index contributed by atoms with van der Waals surface area (Å²) >= 11 is 3.37. The van der Waals surface area contributed by atoms with Crippen LogP contribution in [-0.2, 0) is 14.8 Å². The molecule has 0 spiro atoms. The number of hydrogen-bond acceptors (Lipinski definition) is 6. The number of benzene rings is 2. The Bertz CT molecular complexity index is 1140. The zero-order chi connectivity index (χ0) is 20.5. The van der Waals surface area contributed by atoms with Crippen molar-refractivity contribution in [2.75, 3.05) is 26.0 Å². The van der Waals surface area contributed by atoms with E-state index in [-0.39, 0.29) is 17.4 Å². The molecular formula is C17H18BrN5O4S. The Labute approximate surface area is 170 Å². The summed E-state index contributed by atoms with van der Waals surface area (Å²) in [6, 6.07) is 9.86. The van der Waals surface area contributed by atoms with E-state index in [2.05, 4.69) is 31.6 Å². The third kappa shape index (κ3) is 4.16. The van der Waals surface area contributed by atoms with E-state index >= 15 is 0 Å². The molecular weight excluding hydrogens is 450 g/mol. The first-order valence-electron chi connectivity index (χ1n) is 8.16. The summed E-state index contributed by atoms with van der Waals surface area (Å²) < 4.78 is 26.6. The molecule has 0 bridgehead atoms. The van der Waals surface area contributed by atoms with Crippen LogP contribution in [0.3, 0.4) is 0 Å². The minimum absolute atomic E-state index is 0.0760. The number of fused-ring (bicyclic) bond motifs is 1. The Morgan fingerprint density at radius 1 is 1.25 bits per heavy atom. The van der Waals surface area contributed by atoms with Crippen molar-refractivity contribution in [3.05, 3.63) is 46.4 Å². The highest BCUT2D eigenvalue weighted by Gasteiger charge is 2.19. The maximum Gasteiger partial charge on any atom is 0.265 e. The summed E-state index contributed by atoms with van der Waals surface area (Å²) in [6.07, 6.45) is 0. The second-order valence-electron chi connectivity index (χ2n) is 6.18. The number of hydrogen-bond donors (Lipinski definition) is 1. The number of nitrogens with one attached hydrogen (secondary N) is 1. The first-order chi connectivity index (χ1) is 13.2. The third-order valence-electron chi connectivity index (χ3n) is 3.95. The van der Waals surface area contributed by atoms with Crippen LogP contribution in [0.25, 0.3) is 11.0 Å². The van der Waals surface area contributed by atoms with Crippen molar-refractivity contribution in [3.8, 4) is 0 Å². The molecule has 1 amide bonds. The summed E-state index contributed by atoms with van der Waals surface area (Å²) in [6.45, 7) is 1.55. The van der Waals surface area contributed by atoms with Gasteiger partial charge in [0.1, 0.15) is 11.0 Å². The van der Waals surface area contributed by atoms with Gasteiger partial charge in [0.15, 0.2) is 6.61 Å². The van der Waals surface area contributed by atoms with Gasteiger partial charge in [-0.3, -0.25) is 4.79 Å². The van der Waals surface area contributed by atoms with Gasteiger partial charge in [-0.15, -0.1) is 5.10 Å². The van der Waals surface area contributed by atoms with Crippen LogP contribution < -0.4 is 10.2 Å². The van der Waals surface area contributed by atoms with Crippen molar-refractivity contribution in [1.82, 2.24) is 19.5 Å². The maximum absolute atomic E-state index is 12.3. The Balaban J connectivity index is 1.76. The van der Waals surface area contributed by atoms with E-state index in [9.17, 15) is 13.2 Å². The molecule has 0 unspecified atom stereocenters. The van der Waals surface area contributed by atoms with Crippen LogP contribution in [0.4, 0.5) is 5.69 Å². The van der Waals surface area contributed by atoms with Gasteiger partial charge in [0.25, 0.3) is 5.91 Å². The molecule has 1 N–H and O–H groups in total. The number of carbonyl (C=O) groups excluding carboxylic acids is 1. The molecule has 0 atom stereocenters. The smallest absolute Gasteiger partial charge is 0.265 e. The zero-order valence-corrected chi connectivity index (χ0v) is 17.8. The van der Waals surface area contributed by atoms with E-state index in [4.69, 9.17) is 4.84 Å².